The average Bonchev–Trinajstić information content (AvgIpc) is 2.46. The van der Waals surface area contributed by atoms with Crippen LogP contribution in [0.3, 0.4) is 0 Å². The molecule has 0 spiro atoms. The molecule has 0 saturated carbocycles. The molecule has 116 valence electrons. The molecule has 1 heterocycles. The number of anilines is 1. The Morgan fingerprint density at radius 2 is 2.29 bits per heavy atom. The van der Waals surface area contributed by atoms with Gasteiger partial charge in [-0.2, -0.15) is 0 Å². The number of benzene rings is 1. The van der Waals surface area contributed by atoms with E-state index >= 15 is 0 Å². The van der Waals surface area contributed by atoms with Crippen molar-refractivity contribution in [1.29, 1.82) is 0 Å². The monoisotopic (exact) mass is 294 g/mol. The number of hydrogen-bond acceptors (Lipinski definition) is 3. The SMILES string of the molecule is CC1CCCCN1CCCNc1ccc(F)cc1C(=O)O. The van der Waals surface area contributed by atoms with Gasteiger partial charge >= 0.3 is 5.97 Å². The summed E-state index contributed by atoms with van der Waals surface area (Å²) in [4.78, 5) is 13.6. The molecule has 2 N–H and O–H groups in total. The molecule has 1 aliphatic heterocycles. The van der Waals surface area contributed by atoms with Crippen molar-refractivity contribution in [2.24, 2.45) is 0 Å². The van der Waals surface area contributed by atoms with Crippen molar-refractivity contribution >= 4 is 11.7 Å². The first-order valence-electron chi connectivity index (χ1n) is 7.58. The molecule has 21 heavy (non-hydrogen) atoms. The Morgan fingerprint density at radius 1 is 1.48 bits per heavy atom. The second-order valence-corrected chi connectivity index (χ2v) is 5.66. The molecule has 4 nitrogen and oxygen atoms in total. The van der Waals surface area contributed by atoms with Crippen molar-refractivity contribution in [1.82, 2.24) is 4.90 Å². The molecule has 1 aromatic carbocycles. The van der Waals surface area contributed by atoms with Crippen LogP contribution in [0.1, 0.15) is 43.0 Å². The maximum absolute atomic E-state index is 13.1. The molecule has 1 saturated heterocycles. The van der Waals surface area contributed by atoms with Gasteiger partial charge in [0.25, 0.3) is 0 Å². The number of piperidine rings is 1. The number of hydrogen-bond donors (Lipinski definition) is 2. The number of rotatable bonds is 6. The number of aromatic carboxylic acids is 1. The van der Waals surface area contributed by atoms with Crippen LogP contribution in [0.5, 0.6) is 0 Å². The number of halogens is 1. The van der Waals surface area contributed by atoms with E-state index in [1.165, 1.54) is 31.4 Å². The summed E-state index contributed by atoms with van der Waals surface area (Å²) in [6, 6.07) is 4.46. The van der Waals surface area contributed by atoms with Gasteiger partial charge in [0.1, 0.15) is 5.82 Å². The van der Waals surface area contributed by atoms with Crippen LogP contribution in [-0.2, 0) is 0 Å². The topological polar surface area (TPSA) is 52.6 Å². The Labute approximate surface area is 125 Å². The van der Waals surface area contributed by atoms with Gasteiger partial charge in [-0.05, 0) is 50.9 Å². The number of nitrogens with one attached hydrogen (secondary N) is 1. The highest BCUT2D eigenvalue weighted by atomic mass is 19.1. The predicted molar refractivity (Wildman–Crippen MR) is 81.4 cm³/mol. The quantitative estimate of drug-likeness (QED) is 0.791. The summed E-state index contributed by atoms with van der Waals surface area (Å²) >= 11 is 0. The van der Waals surface area contributed by atoms with Crippen molar-refractivity contribution in [2.75, 3.05) is 25.0 Å². The summed E-state index contributed by atoms with van der Waals surface area (Å²) < 4.78 is 13.1. The van der Waals surface area contributed by atoms with E-state index in [-0.39, 0.29) is 5.56 Å². The minimum Gasteiger partial charge on any atom is -0.478 e. The van der Waals surface area contributed by atoms with Gasteiger partial charge in [-0.25, -0.2) is 9.18 Å². The fourth-order valence-corrected chi connectivity index (χ4v) is 2.84. The van der Waals surface area contributed by atoms with Crippen molar-refractivity contribution < 1.29 is 14.3 Å². The van der Waals surface area contributed by atoms with Gasteiger partial charge in [0.2, 0.25) is 0 Å². The minimum atomic E-state index is -1.11. The van der Waals surface area contributed by atoms with E-state index in [0.29, 0.717) is 18.3 Å². The first-order valence-corrected chi connectivity index (χ1v) is 7.58. The molecule has 2 rings (SSSR count). The van der Waals surface area contributed by atoms with Gasteiger partial charge in [0, 0.05) is 24.8 Å². The fourth-order valence-electron chi connectivity index (χ4n) is 2.84. The molecule has 1 unspecified atom stereocenters. The van der Waals surface area contributed by atoms with Gasteiger partial charge in [0.05, 0.1) is 5.56 Å². The van der Waals surface area contributed by atoms with Crippen LogP contribution in [0.2, 0.25) is 0 Å². The number of carboxylic acids is 1. The van der Waals surface area contributed by atoms with E-state index < -0.39 is 11.8 Å². The molecular weight excluding hydrogens is 271 g/mol. The summed E-state index contributed by atoms with van der Waals surface area (Å²) in [5.41, 5.74) is 0.469. The van der Waals surface area contributed by atoms with E-state index in [0.717, 1.165) is 25.6 Å². The Kier molecular flexibility index (Phi) is 5.56. The van der Waals surface area contributed by atoms with Crippen LogP contribution < -0.4 is 5.32 Å². The summed E-state index contributed by atoms with van der Waals surface area (Å²) in [5, 5.41) is 12.2. The minimum absolute atomic E-state index is 0.0126. The molecule has 0 bridgehead atoms. The highest BCUT2D eigenvalue weighted by molar-refractivity contribution is 5.94. The summed E-state index contributed by atoms with van der Waals surface area (Å²) in [7, 11) is 0. The number of likely N-dealkylation sites (tertiary alicyclic amines) is 1. The molecule has 0 amide bonds. The lowest BCUT2D eigenvalue weighted by atomic mass is 10.0. The normalized spacial score (nSPS) is 19.4. The van der Waals surface area contributed by atoms with E-state index in [1.54, 1.807) is 0 Å². The second kappa shape index (κ2) is 7.41. The zero-order valence-electron chi connectivity index (χ0n) is 12.4. The molecule has 0 aliphatic carbocycles. The predicted octanol–water partition coefficient (Wildman–Crippen LogP) is 3.20. The third-order valence-corrected chi connectivity index (χ3v) is 4.09. The zero-order valence-corrected chi connectivity index (χ0v) is 12.4. The molecular formula is C16H23FN2O2. The fraction of sp³-hybridized carbons (Fsp3) is 0.562. The van der Waals surface area contributed by atoms with E-state index in [2.05, 4.69) is 17.1 Å². The van der Waals surface area contributed by atoms with Gasteiger partial charge in [0.15, 0.2) is 0 Å². The lowest BCUT2D eigenvalue weighted by molar-refractivity contribution is 0.0697. The molecule has 1 atom stereocenters. The Hall–Kier alpha value is -1.62. The highest BCUT2D eigenvalue weighted by Gasteiger charge is 2.17. The zero-order chi connectivity index (χ0) is 15.2. The van der Waals surface area contributed by atoms with Gasteiger partial charge in [-0.1, -0.05) is 6.42 Å². The first kappa shape index (κ1) is 15.8. The number of carbonyl (C=O) groups is 1. The molecule has 1 fully saturated rings. The Morgan fingerprint density at radius 3 is 3.00 bits per heavy atom. The summed E-state index contributed by atoms with van der Waals surface area (Å²) in [5.74, 6) is -1.64. The van der Waals surface area contributed by atoms with Crippen LogP contribution in [-0.4, -0.2) is 41.7 Å². The molecule has 1 aromatic rings. The summed E-state index contributed by atoms with van der Waals surface area (Å²) in [6.07, 6.45) is 4.78. The van der Waals surface area contributed by atoms with Crippen LogP contribution in [0.15, 0.2) is 18.2 Å². The Balaban J connectivity index is 1.82. The standard InChI is InChI=1S/C16H23FN2O2/c1-12-5-2-3-9-19(12)10-4-8-18-15-7-6-13(17)11-14(15)16(20)21/h6-7,11-12,18H,2-5,8-10H2,1H3,(H,20,21). The van der Waals surface area contributed by atoms with E-state index in [4.69, 9.17) is 5.11 Å². The average molecular weight is 294 g/mol. The molecule has 0 aromatic heterocycles. The Bertz CT molecular complexity index is 493. The molecule has 0 radical (unpaired) electrons. The van der Waals surface area contributed by atoms with Crippen LogP contribution in [0, 0.1) is 5.82 Å². The van der Waals surface area contributed by atoms with Crippen molar-refractivity contribution in [3.8, 4) is 0 Å². The van der Waals surface area contributed by atoms with Crippen molar-refractivity contribution in [2.45, 2.75) is 38.6 Å². The van der Waals surface area contributed by atoms with Crippen LogP contribution in [0.25, 0.3) is 0 Å². The smallest absolute Gasteiger partial charge is 0.337 e. The van der Waals surface area contributed by atoms with Crippen LogP contribution >= 0.6 is 0 Å². The maximum Gasteiger partial charge on any atom is 0.337 e. The van der Waals surface area contributed by atoms with Crippen molar-refractivity contribution in [3.63, 3.8) is 0 Å². The first-order chi connectivity index (χ1) is 10.1. The largest absolute Gasteiger partial charge is 0.478 e. The molecule has 1 aliphatic rings. The lowest BCUT2D eigenvalue weighted by Crippen LogP contribution is -2.38. The van der Waals surface area contributed by atoms with Crippen molar-refractivity contribution in [3.05, 3.63) is 29.6 Å². The van der Waals surface area contributed by atoms with E-state index in [9.17, 15) is 9.18 Å². The maximum atomic E-state index is 13.1. The number of carboxylic acid groups (broad SMARTS) is 1. The lowest BCUT2D eigenvalue weighted by Gasteiger charge is -2.33. The summed E-state index contributed by atoms with van der Waals surface area (Å²) in [6.45, 7) is 5.11. The highest BCUT2D eigenvalue weighted by Crippen LogP contribution is 2.18. The third kappa shape index (κ3) is 4.43. The van der Waals surface area contributed by atoms with Gasteiger partial charge < -0.3 is 15.3 Å². The second-order valence-electron chi connectivity index (χ2n) is 5.66. The number of nitrogens with zero attached hydrogens (tertiary/aromatic N) is 1. The molecule has 5 heteroatoms. The van der Waals surface area contributed by atoms with Gasteiger partial charge in [-0.3, -0.25) is 0 Å². The van der Waals surface area contributed by atoms with Gasteiger partial charge in [-0.15, -0.1) is 0 Å². The third-order valence-electron chi connectivity index (χ3n) is 4.09. The van der Waals surface area contributed by atoms with E-state index in [1.807, 2.05) is 0 Å². The van der Waals surface area contributed by atoms with Crippen LogP contribution in [0.4, 0.5) is 10.1 Å².